The van der Waals surface area contributed by atoms with Crippen LogP contribution in [0.4, 0.5) is 15.9 Å². The van der Waals surface area contributed by atoms with Gasteiger partial charge in [-0.15, -0.1) is 9.45 Å². The van der Waals surface area contributed by atoms with Crippen LogP contribution >= 0.6 is 0 Å². The van der Waals surface area contributed by atoms with Crippen LogP contribution in [-0.4, -0.2) is 10.2 Å². The van der Waals surface area contributed by atoms with E-state index in [1.807, 2.05) is 18.2 Å². The highest BCUT2D eigenvalue weighted by molar-refractivity contribution is 8.28. The molecule has 0 radical (unpaired) electrons. The van der Waals surface area contributed by atoms with E-state index < -0.39 is 0 Å². The Kier molecular flexibility index (Phi) is 6.70. The Labute approximate surface area is 202 Å². The first-order chi connectivity index (χ1) is 16.0. The molecule has 176 valence electrons. The summed E-state index contributed by atoms with van der Waals surface area (Å²) < 4.78 is 21.4. The summed E-state index contributed by atoms with van der Waals surface area (Å²) in [6.45, 7) is 4.37. The molecule has 3 unspecified atom stereocenters. The lowest BCUT2D eigenvalue weighted by atomic mass is 10.00. The first-order valence-electron chi connectivity index (χ1n) is 12.1. The average Bonchev–Trinajstić information content (AvgIpc) is 3.57. The molecule has 0 spiro atoms. The van der Waals surface area contributed by atoms with Crippen LogP contribution in [0.25, 0.3) is 0 Å². The number of fused-ring (bicyclic) bond motifs is 1. The Morgan fingerprint density at radius 3 is 3.00 bits per heavy atom. The summed E-state index contributed by atoms with van der Waals surface area (Å²) in [6.07, 6.45) is 9.94. The third-order valence-electron chi connectivity index (χ3n) is 7.18. The molecule has 1 saturated carbocycles. The van der Waals surface area contributed by atoms with Crippen molar-refractivity contribution in [2.24, 2.45) is 5.92 Å². The number of aromatic amines is 1. The van der Waals surface area contributed by atoms with E-state index in [2.05, 4.69) is 35.4 Å². The van der Waals surface area contributed by atoms with Crippen molar-refractivity contribution in [1.29, 1.82) is 0 Å². The predicted molar refractivity (Wildman–Crippen MR) is 137 cm³/mol. The fourth-order valence-electron chi connectivity index (χ4n) is 5.34. The van der Waals surface area contributed by atoms with Gasteiger partial charge in [-0.2, -0.15) is 5.10 Å². The van der Waals surface area contributed by atoms with E-state index in [0.29, 0.717) is 29.1 Å². The zero-order chi connectivity index (χ0) is 22.9. The third kappa shape index (κ3) is 4.80. The summed E-state index contributed by atoms with van der Waals surface area (Å²) in [7, 11) is -0.169. The summed E-state index contributed by atoms with van der Waals surface area (Å²) in [4.78, 5) is 0. The van der Waals surface area contributed by atoms with E-state index in [1.54, 1.807) is 0 Å². The fourth-order valence-corrected chi connectivity index (χ4v) is 7.43. The van der Waals surface area contributed by atoms with Gasteiger partial charge in [0.15, 0.2) is 11.6 Å². The zero-order valence-corrected chi connectivity index (χ0v) is 21.0. The first kappa shape index (κ1) is 22.8. The van der Waals surface area contributed by atoms with Gasteiger partial charge in [0.05, 0.1) is 5.69 Å². The number of rotatable bonds is 7. The molecule has 5 rings (SSSR count). The molecule has 7 heteroatoms. The number of hydrogen-bond donors (Lipinski definition) is 2. The van der Waals surface area contributed by atoms with Crippen molar-refractivity contribution >= 4 is 32.1 Å². The maximum atomic E-state index is 15.0. The lowest BCUT2D eigenvalue weighted by Crippen LogP contribution is -2.05. The van der Waals surface area contributed by atoms with Gasteiger partial charge >= 0.3 is 0 Å². The number of halogens is 1. The largest absolute Gasteiger partial charge is 0.466 e. The number of nitrogens with one attached hydrogen (secondary N) is 2. The Balaban J connectivity index is 1.25. The van der Waals surface area contributed by atoms with Crippen molar-refractivity contribution in [1.82, 2.24) is 10.2 Å². The minimum absolute atomic E-state index is 0.169. The zero-order valence-electron chi connectivity index (χ0n) is 19.4. The number of aromatic nitrogens is 2. The fraction of sp³-hybridized carbons (Fsp3) is 0.500. The highest BCUT2D eigenvalue weighted by Gasteiger charge is 2.31. The summed E-state index contributed by atoms with van der Waals surface area (Å²) in [6, 6.07) is 5.84. The Hall–Kier alpha value is -1.99. The van der Waals surface area contributed by atoms with Gasteiger partial charge in [-0.25, -0.2) is 4.39 Å². The number of anilines is 2. The van der Waals surface area contributed by atoms with Gasteiger partial charge in [0, 0.05) is 47.1 Å². The van der Waals surface area contributed by atoms with Gasteiger partial charge in [-0.05, 0) is 68.7 Å². The standard InChI is InChI=1S/C26H32FN3OS2/c1-3-5-24(31-23-7-4-6-16(23)2)18-9-8-17(12-18)22-13-25(30-29-22)28-21-11-10-19-14-33(32)15-20(19)26(21)27/h5,10-11,13,17-18H,3-4,6-9,12,14-15H2,1-2H3,(H2,28,29,30)/b24-5+. The topological polar surface area (TPSA) is 49.9 Å². The molecule has 0 amide bonds. The number of nitrogens with zero attached hydrogens (tertiary/aromatic N) is 1. The van der Waals surface area contributed by atoms with E-state index in [-0.39, 0.29) is 15.3 Å². The molecule has 1 aliphatic heterocycles. The maximum Gasteiger partial charge on any atom is 0.152 e. The van der Waals surface area contributed by atoms with Crippen molar-refractivity contribution in [2.45, 2.75) is 76.2 Å². The van der Waals surface area contributed by atoms with E-state index in [9.17, 15) is 4.39 Å². The van der Waals surface area contributed by atoms with Crippen LogP contribution in [0.1, 0.15) is 81.5 Å². The molecule has 2 heterocycles. The van der Waals surface area contributed by atoms with Gasteiger partial charge in [0.25, 0.3) is 0 Å². The van der Waals surface area contributed by atoms with Crippen molar-refractivity contribution < 1.29 is 9.13 Å². The van der Waals surface area contributed by atoms with E-state index in [4.69, 9.17) is 15.9 Å². The van der Waals surface area contributed by atoms with E-state index >= 15 is 0 Å². The highest BCUT2D eigenvalue weighted by atomic mass is 32.8. The van der Waals surface area contributed by atoms with Crippen LogP contribution in [0.3, 0.4) is 0 Å². The number of benzene rings is 1. The minimum Gasteiger partial charge on any atom is -0.466 e. The normalized spacial score (nSPS) is 25.1. The van der Waals surface area contributed by atoms with E-state index in [0.717, 1.165) is 66.9 Å². The molecule has 1 aromatic heterocycles. The average molecular weight is 486 g/mol. The number of H-pyrrole nitrogens is 1. The van der Waals surface area contributed by atoms with Gasteiger partial charge in [-0.1, -0.05) is 24.2 Å². The van der Waals surface area contributed by atoms with Crippen molar-refractivity contribution in [3.05, 3.63) is 64.0 Å². The summed E-state index contributed by atoms with van der Waals surface area (Å²) in [5, 5.41) is 10.8. The predicted octanol–water partition coefficient (Wildman–Crippen LogP) is 7.04. The first-order valence-corrected chi connectivity index (χ1v) is 14.5. The second-order valence-corrected chi connectivity index (χ2v) is 12.4. The lowest BCUT2D eigenvalue weighted by molar-refractivity contribution is 0.243. The van der Waals surface area contributed by atoms with Crippen LogP contribution in [0.5, 0.6) is 0 Å². The van der Waals surface area contributed by atoms with Gasteiger partial charge in [0.2, 0.25) is 0 Å². The number of allylic oxidation sites excluding steroid dienone is 4. The molecule has 0 bridgehead atoms. The molecule has 2 aromatic rings. The van der Waals surface area contributed by atoms with E-state index in [1.165, 1.54) is 17.8 Å². The Bertz CT molecular complexity index is 1140. The molecule has 1 fully saturated rings. The molecule has 2 N–H and O–H groups in total. The van der Waals surface area contributed by atoms with Gasteiger partial charge in [0.1, 0.15) is 11.5 Å². The smallest absolute Gasteiger partial charge is 0.152 e. The number of hydrogen-bond acceptors (Lipinski definition) is 4. The minimum atomic E-state index is -0.180. The number of ether oxygens (including phenoxy) is 1. The van der Waals surface area contributed by atoms with Crippen molar-refractivity contribution in [3.8, 4) is 0 Å². The van der Waals surface area contributed by atoms with Crippen LogP contribution < -0.4 is 5.32 Å². The quantitative estimate of drug-likeness (QED) is 0.413. The summed E-state index contributed by atoms with van der Waals surface area (Å²) in [5.41, 5.74) is 4.82. The second kappa shape index (κ2) is 9.71. The molecular weight excluding hydrogens is 453 g/mol. The van der Waals surface area contributed by atoms with Crippen LogP contribution in [0, 0.1) is 11.7 Å². The molecular formula is C26H32FN3OS2. The summed E-state index contributed by atoms with van der Waals surface area (Å²) in [5.74, 6) is 5.14. The monoisotopic (exact) mass is 485 g/mol. The van der Waals surface area contributed by atoms with Crippen LogP contribution in [0.2, 0.25) is 0 Å². The maximum absolute atomic E-state index is 15.0. The molecule has 0 saturated heterocycles. The lowest BCUT2D eigenvalue weighted by Gasteiger charge is -2.18. The molecule has 3 aliphatic rings. The van der Waals surface area contributed by atoms with Crippen LogP contribution in [0.15, 0.2) is 41.4 Å². The molecule has 3 atom stereocenters. The molecule has 1 aromatic carbocycles. The molecule has 33 heavy (non-hydrogen) atoms. The summed E-state index contributed by atoms with van der Waals surface area (Å²) >= 11 is 5.40. The Morgan fingerprint density at radius 2 is 2.21 bits per heavy atom. The third-order valence-corrected chi connectivity index (χ3v) is 9.13. The molecule has 4 nitrogen and oxygen atoms in total. The van der Waals surface area contributed by atoms with Crippen LogP contribution in [-0.2, 0) is 36.9 Å². The SMILES string of the molecule is CC/C=C(/OC1=C(C)CCC1)C1CCC(c2cc(Nc3ccc4c(c3F)CS(=S)C4)n[nH]2)C1. The second-order valence-electron chi connectivity index (χ2n) is 9.51. The van der Waals surface area contributed by atoms with Crippen molar-refractivity contribution in [2.75, 3.05) is 5.32 Å². The Morgan fingerprint density at radius 1 is 1.33 bits per heavy atom. The highest BCUT2D eigenvalue weighted by Crippen LogP contribution is 2.43. The van der Waals surface area contributed by atoms with Gasteiger partial charge < -0.3 is 10.1 Å². The van der Waals surface area contributed by atoms with Crippen molar-refractivity contribution in [3.63, 3.8) is 0 Å². The molecule has 2 aliphatic carbocycles. The van der Waals surface area contributed by atoms with Gasteiger partial charge in [-0.3, -0.25) is 5.10 Å².